The highest BCUT2D eigenvalue weighted by Crippen LogP contribution is 2.56. The lowest BCUT2D eigenvalue weighted by Gasteiger charge is -2.36. The van der Waals surface area contributed by atoms with E-state index in [4.69, 9.17) is 14.2 Å². The van der Waals surface area contributed by atoms with Crippen LogP contribution in [0.2, 0.25) is 0 Å². The zero-order valence-electron chi connectivity index (χ0n) is 35.6. The van der Waals surface area contributed by atoms with Crippen molar-refractivity contribution in [1.82, 2.24) is 0 Å². The maximum atomic E-state index is 14.5. The number of benzene rings is 4. The summed E-state index contributed by atoms with van der Waals surface area (Å²) in [6, 6.07) is 6.14. The predicted molar refractivity (Wildman–Crippen MR) is 211 cm³/mol. The van der Waals surface area contributed by atoms with Crippen molar-refractivity contribution in [1.29, 1.82) is 0 Å². The first-order valence-electron chi connectivity index (χ1n) is 19.8. The van der Waals surface area contributed by atoms with Crippen LogP contribution in [-0.4, -0.2) is 45.5 Å². The molecule has 0 aromatic heterocycles. The third-order valence-corrected chi connectivity index (χ3v) is 11.9. The quantitative estimate of drug-likeness (QED) is 0.143. The highest BCUT2D eigenvalue weighted by atomic mass is 19.4. The molecule has 2 heterocycles. The Morgan fingerprint density at radius 2 is 0.855 bits per heavy atom. The molecule has 0 bridgehead atoms. The Hall–Kier alpha value is -4.44. The number of alkyl halides is 12. The molecule has 0 radical (unpaired) electrons. The summed E-state index contributed by atoms with van der Waals surface area (Å²) in [5.74, 6) is -0.0648. The van der Waals surface area contributed by atoms with E-state index in [2.05, 4.69) is 0 Å². The Balaban J connectivity index is 1.91. The highest BCUT2D eigenvalue weighted by Gasteiger charge is 2.47. The number of nitrogens with zero attached hydrogens (tertiary/aromatic N) is 1. The highest BCUT2D eigenvalue weighted by molar-refractivity contribution is 5.91. The Labute approximate surface area is 352 Å². The van der Waals surface area contributed by atoms with Crippen molar-refractivity contribution >= 4 is 0 Å². The van der Waals surface area contributed by atoms with Crippen LogP contribution in [0, 0.1) is 5.92 Å². The fourth-order valence-corrected chi connectivity index (χ4v) is 9.14. The largest absolute Gasteiger partial charge is 0.496 e. The lowest BCUT2D eigenvalue weighted by Crippen LogP contribution is -2.44. The number of quaternary nitrogens is 1. The second-order valence-electron chi connectivity index (χ2n) is 18.5. The Morgan fingerprint density at radius 3 is 1.13 bits per heavy atom. The Morgan fingerprint density at radius 1 is 0.516 bits per heavy atom. The molecular weight excluding hydrogens is 842 g/mol. The van der Waals surface area contributed by atoms with Gasteiger partial charge in [-0.15, -0.1) is 0 Å². The molecule has 2 aliphatic heterocycles. The third kappa shape index (κ3) is 9.00. The molecule has 0 aliphatic carbocycles. The molecule has 4 aromatic carbocycles. The Kier molecular flexibility index (Phi) is 11.9. The molecule has 4 aromatic rings. The number of fused-ring (bicyclic) bond motifs is 3. The van der Waals surface area contributed by atoms with Crippen LogP contribution in [0.1, 0.15) is 92.5 Å². The lowest BCUT2D eigenvalue weighted by molar-refractivity contribution is -0.943. The van der Waals surface area contributed by atoms with E-state index in [1.807, 2.05) is 0 Å². The molecule has 6 rings (SSSR count). The first-order valence-corrected chi connectivity index (χ1v) is 19.8. The van der Waals surface area contributed by atoms with Crippen LogP contribution in [0.4, 0.5) is 52.7 Å². The van der Waals surface area contributed by atoms with Crippen LogP contribution in [0.3, 0.4) is 0 Å². The van der Waals surface area contributed by atoms with Gasteiger partial charge in [-0.1, -0.05) is 41.5 Å². The number of hydrogen-bond donors (Lipinski definition) is 0. The van der Waals surface area contributed by atoms with Gasteiger partial charge in [0.2, 0.25) is 0 Å². The van der Waals surface area contributed by atoms with E-state index in [0.29, 0.717) is 77.2 Å². The van der Waals surface area contributed by atoms with Crippen molar-refractivity contribution in [3.8, 4) is 44.9 Å². The first-order chi connectivity index (χ1) is 28.3. The fraction of sp³-hybridized carbons (Fsp3) is 0.478. The maximum Gasteiger partial charge on any atom is 0.416 e. The van der Waals surface area contributed by atoms with E-state index in [0.717, 1.165) is 0 Å². The molecule has 16 heteroatoms. The molecule has 338 valence electrons. The number of hydrogen-bond acceptors (Lipinski definition) is 3. The third-order valence-electron chi connectivity index (χ3n) is 11.9. The fourth-order valence-electron chi connectivity index (χ4n) is 9.14. The van der Waals surface area contributed by atoms with E-state index < -0.39 is 68.9 Å². The molecular formula is C46H48F12NO3+. The van der Waals surface area contributed by atoms with Crippen molar-refractivity contribution in [2.45, 2.75) is 96.6 Å². The number of halogens is 12. The number of ether oxygens (including phenoxy) is 3. The zero-order valence-corrected chi connectivity index (χ0v) is 35.6. The van der Waals surface area contributed by atoms with Gasteiger partial charge in [-0.25, -0.2) is 0 Å². The lowest BCUT2D eigenvalue weighted by atomic mass is 9.76. The topological polar surface area (TPSA) is 27.7 Å². The summed E-state index contributed by atoms with van der Waals surface area (Å²) >= 11 is 0. The standard InChI is InChI=1S/C46H48F12NO3/c1-41(2,3)35-18-31-32-19-36(42(4,5)6)40(62-9)38(26-14-29(45(53,54)55)17-30(15-26)46(56,57)58)34(32)22-59(11-10-24(20-59)23-60-7)21-33(31)37(39(35)61-8)25-12-27(43(47,48)49)16-28(13-25)44(50,51)52/h12-19,24H,10-11,20-23H2,1-9H3/q+1/t24-/m1/s1. The van der Waals surface area contributed by atoms with Crippen LogP contribution in [0.5, 0.6) is 11.5 Å². The van der Waals surface area contributed by atoms with E-state index >= 15 is 0 Å². The van der Waals surface area contributed by atoms with Gasteiger partial charge in [-0.3, -0.25) is 0 Å². The summed E-state index contributed by atoms with van der Waals surface area (Å²) in [5.41, 5.74) is -6.90. The van der Waals surface area contributed by atoms with Crippen molar-refractivity contribution in [3.05, 3.63) is 93.0 Å². The van der Waals surface area contributed by atoms with Crippen LogP contribution < -0.4 is 9.47 Å². The van der Waals surface area contributed by atoms with Gasteiger partial charge in [-0.2, -0.15) is 52.7 Å². The Bertz CT molecular complexity index is 2140. The molecule has 1 fully saturated rings. The smallest absolute Gasteiger partial charge is 0.416 e. The molecule has 62 heavy (non-hydrogen) atoms. The summed E-state index contributed by atoms with van der Waals surface area (Å²) in [7, 11) is 4.04. The van der Waals surface area contributed by atoms with Gasteiger partial charge in [0.05, 0.1) is 56.2 Å². The van der Waals surface area contributed by atoms with Gasteiger partial charge < -0.3 is 18.7 Å². The summed E-state index contributed by atoms with van der Waals surface area (Å²) in [6.45, 7) is 11.6. The number of rotatable bonds is 6. The number of methoxy groups -OCH3 is 3. The van der Waals surface area contributed by atoms with Crippen molar-refractivity contribution in [2.75, 3.05) is 41.0 Å². The average Bonchev–Trinajstić information content (AvgIpc) is 3.46. The molecule has 0 amide bonds. The van der Waals surface area contributed by atoms with Crippen LogP contribution in [0.25, 0.3) is 33.4 Å². The zero-order chi connectivity index (χ0) is 46.3. The molecule has 0 saturated carbocycles. The van der Waals surface area contributed by atoms with Crippen LogP contribution >= 0.6 is 0 Å². The van der Waals surface area contributed by atoms with Gasteiger partial charge >= 0.3 is 24.7 Å². The maximum absolute atomic E-state index is 14.5. The van der Waals surface area contributed by atoms with Gasteiger partial charge in [-0.05, 0) is 81.6 Å². The van der Waals surface area contributed by atoms with Gasteiger partial charge in [0.1, 0.15) is 24.6 Å². The minimum Gasteiger partial charge on any atom is -0.496 e. The summed E-state index contributed by atoms with van der Waals surface area (Å²) in [6.07, 6.45) is -20.2. The molecule has 1 atom stereocenters. The molecule has 4 nitrogen and oxygen atoms in total. The predicted octanol–water partition coefficient (Wildman–Crippen LogP) is 13.9. The van der Waals surface area contributed by atoms with Crippen LogP contribution in [-0.2, 0) is 53.4 Å². The summed E-state index contributed by atoms with van der Waals surface area (Å²) < 4.78 is 192. The van der Waals surface area contributed by atoms with Gasteiger partial charge in [0.15, 0.2) is 0 Å². The van der Waals surface area contributed by atoms with Crippen LogP contribution in [0.15, 0.2) is 48.5 Å². The van der Waals surface area contributed by atoms with E-state index in [9.17, 15) is 52.7 Å². The molecule has 1 spiro atoms. The monoisotopic (exact) mass is 890 g/mol. The molecule has 0 N–H and O–H groups in total. The van der Waals surface area contributed by atoms with E-state index in [1.165, 1.54) is 21.3 Å². The molecule has 2 aliphatic rings. The average molecular weight is 891 g/mol. The van der Waals surface area contributed by atoms with E-state index in [-0.39, 0.29) is 64.9 Å². The minimum absolute atomic E-state index is 0.0130. The van der Waals surface area contributed by atoms with Gasteiger partial charge in [0.25, 0.3) is 0 Å². The van der Waals surface area contributed by atoms with Crippen molar-refractivity contribution in [2.24, 2.45) is 5.92 Å². The normalized spacial score (nSPS) is 17.2. The van der Waals surface area contributed by atoms with E-state index in [1.54, 1.807) is 53.7 Å². The minimum atomic E-state index is -5.20. The second kappa shape index (κ2) is 15.7. The summed E-state index contributed by atoms with van der Waals surface area (Å²) in [5, 5.41) is 0. The molecule has 1 saturated heterocycles. The first kappa shape index (κ1) is 47.0. The molecule has 0 unspecified atom stereocenters. The van der Waals surface area contributed by atoms with Crippen molar-refractivity contribution in [3.63, 3.8) is 0 Å². The van der Waals surface area contributed by atoms with Gasteiger partial charge in [0, 0.05) is 52.8 Å². The second-order valence-corrected chi connectivity index (χ2v) is 18.5. The SMILES string of the molecule is COC[C@@H]1CC[N+]2(Cc3c(cc(C(C)(C)C)c(OC)c3-c3cc(C(F)(F)F)cc(C(F)(F)F)c3)-c3cc(C(C)(C)C)c(OC)c(-c4cc(C(F)(F)F)cc(C(F)(F)F)c4)c3C2)C1. The summed E-state index contributed by atoms with van der Waals surface area (Å²) in [4.78, 5) is 0. The van der Waals surface area contributed by atoms with Crippen molar-refractivity contribution < 1.29 is 71.4 Å².